The van der Waals surface area contributed by atoms with Crippen molar-refractivity contribution in [3.63, 3.8) is 0 Å². The van der Waals surface area contributed by atoms with E-state index in [1.165, 1.54) is 23.1 Å². The average Bonchev–Trinajstić information content (AvgIpc) is 3.39. The van der Waals surface area contributed by atoms with Crippen LogP contribution < -0.4 is 15.4 Å². The van der Waals surface area contributed by atoms with Crippen LogP contribution in [0.2, 0.25) is 0 Å². The standard InChI is InChI=1S/C21H30N8O2S2/c1-14(2)12-31-18-10-15(3)6-7-17(18)23-19(30)24-20-22-11-16(33-20)13-32-21-25-26-27-29(21)9-8-28(4)5/h6-7,10-11,14H,8-9,12-13H2,1-5H3,(H2,22,23,24,30). The normalized spacial score (nSPS) is 11.2. The van der Waals surface area contributed by atoms with Crippen LogP contribution in [0.15, 0.2) is 29.6 Å². The molecule has 0 unspecified atom stereocenters. The summed E-state index contributed by atoms with van der Waals surface area (Å²) in [7, 11) is 4.02. The minimum atomic E-state index is -0.366. The van der Waals surface area contributed by atoms with Crippen LogP contribution >= 0.6 is 23.1 Å². The van der Waals surface area contributed by atoms with E-state index in [4.69, 9.17) is 4.74 Å². The summed E-state index contributed by atoms with van der Waals surface area (Å²) in [5.41, 5.74) is 1.69. The van der Waals surface area contributed by atoms with E-state index < -0.39 is 0 Å². The third kappa shape index (κ3) is 7.98. The number of hydrogen-bond donors (Lipinski definition) is 2. The van der Waals surface area contributed by atoms with Gasteiger partial charge in [0.1, 0.15) is 5.75 Å². The number of benzene rings is 1. The number of carbonyl (C=O) groups is 1. The molecule has 2 aromatic heterocycles. The van der Waals surface area contributed by atoms with Gasteiger partial charge in [-0.05, 0) is 55.1 Å². The Morgan fingerprint density at radius 2 is 2.12 bits per heavy atom. The molecule has 0 aliphatic carbocycles. The lowest BCUT2D eigenvalue weighted by molar-refractivity contribution is 0.260. The molecule has 0 saturated heterocycles. The van der Waals surface area contributed by atoms with E-state index in [9.17, 15) is 4.79 Å². The van der Waals surface area contributed by atoms with Gasteiger partial charge >= 0.3 is 6.03 Å². The molecule has 2 heterocycles. The molecule has 33 heavy (non-hydrogen) atoms. The van der Waals surface area contributed by atoms with Gasteiger partial charge in [-0.3, -0.25) is 5.32 Å². The lowest BCUT2D eigenvalue weighted by Gasteiger charge is -2.14. The summed E-state index contributed by atoms with van der Waals surface area (Å²) < 4.78 is 7.65. The minimum Gasteiger partial charge on any atom is -0.491 e. The Balaban J connectivity index is 1.54. The summed E-state index contributed by atoms with van der Waals surface area (Å²) in [6.07, 6.45) is 1.75. The zero-order valence-electron chi connectivity index (χ0n) is 19.5. The third-order valence-corrected chi connectivity index (χ3v) is 6.43. The van der Waals surface area contributed by atoms with E-state index in [0.717, 1.165) is 28.7 Å². The van der Waals surface area contributed by atoms with E-state index in [0.29, 0.717) is 34.8 Å². The number of hydrogen-bond acceptors (Lipinski definition) is 9. The molecule has 3 aromatic rings. The molecular formula is C21H30N8O2S2. The number of nitrogens with zero attached hydrogens (tertiary/aromatic N) is 6. The SMILES string of the molecule is Cc1ccc(NC(=O)Nc2ncc(CSc3nnnn3CCN(C)C)s2)c(OCC(C)C)c1. The van der Waals surface area contributed by atoms with E-state index >= 15 is 0 Å². The predicted octanol–water partition coefficient (Wildman–Crippen LogP) is 3.97. The second-order valence-electron chi connectivity index (χ2n) is 8.19. The predicted molar refractivity (Wildman–Crippen MR) is 132 cm³/mol. The Morgan fingerprint density at radius 1 is 1.30 bits per heavy atom. The number of nitrogens with one attached hydrogen (secondary N) is 2. The molecule has 2 amide bonds. The fraction of sp³-hybridized carbons (Fsp3) is 0.476. The van der Waals surface area contributed by atoms with Gasteiger partial charge in [-0.2, -0.15) is 0 Å². The number of amides is 2. The number of aryl methyl sites for hydroxylation is 1. The van der Waals surface area contributed by atoms with Crippen LogP contribution in [0.5, 0.6) is 5.75 Å². The Kier molecular flexibility index (Phi) is 9.03. The van der Waals surface area contributed by atoms with Gasteiger partial charge < -0.3 is 15.0 Å². The monoisotopic (exact) mass is 490 g/mol. The lowest BCUT2D eigenvalue weighted by atomic mass is 10.2. The molecule has 0 atom stereocenters. The maximum absolute atomic E-state index is 12.5. The number of thioether (sulfide) groups is 1. The van der Waals surface area contributed by atoms with Crippen LogP contribution in [-0.4, -0.2) is 63.4 Å². The third-order valence-electron chi connectivity index (χ3n) is 4.33. The first-order valence-corrected chi connectivity index (χ1v) is 12.4. The molecule has 0 bridgehead atoms. The van der Waals surface area contributed by atoms with Gasteiger partial charge in [0, 0.05) is 23.4 Å². The Morgan fingerprint density at radius 3 is 2.88 bits per heavy atom. The number of anilines is 2. The lowest BCUT2D eigenvalue weighted by Crippen LogP contribution is -2.20. The van der Waals surface area contributed by atoms with Crippen LogP contribution in [0, 0.1) is 12.8 Å². The van der Waals surface area contributed by atoms with Crippen LogP contribution in [0.4, 0.5) is 15.6 Å². The van der Waals surface area contributed by atoms with Crippen molar-refractivity contribution < 1.29 is 9.53 Å². The number of ether oxygens (including phenoxy) is 1. The van der Waals surface area contributed by atoms with Crippen molar-refractivity contribution >= 4 is 39.9 Å². The zero-order valence-corrected chi connectivity index (χ0v) is 21.2. The van der Waals surface area contributed by atoms with E-state index in [2.05, 4.69) is 49.9 Å². The number of carbonyl (C=O) groups excluding carboxylic acids is 1. The van der Waals surface area contributed by atoms with Crippen LogP contribution in [-0.2, 0) is 12.3 Å². The summed E-state index contributed by atoms with van der Waals surface area (Å²) in [6, 6.07) is 5.33. The van der Waals surface area contributed by atoms with Crippen LogP contribution in [0.1, 0.15) is 24.3 Å². The molecule has 10 nitrogen and oxygen atoms in total. The molecule has 0 aliphatic heterocycles. The molecule has 12 heteroatoms. The van der Waals surface area contributed by atoms with E-state index in [1.54, 1.807) is 10.9 Å². The second-order valence-corrected chi connectivity index (χ2v) is 10.2. The van der Waals surface area contributed by atoms with Gasteiger partial charge in [0.2, 0.25) is 5.16 Å². The fourth-order valence-electron chi connectivity index (χ4n) is 2.66. The highest BCUT2D eigenvalue weighted by atomic mass is 32.2. The van der Waals surface area contributed by atoms with Crippen LogP contribution in [0.25, 0.3) is 0 Å². The smallest absolute Gasteiger partial charge is 0.325 e. The fourth-order valence-corrected chi connectivity index (χ4v) is 4.39. The molecule has 1 aromatic carbocycles. The summed E-state index contributed by atoms with van der Waals surface area (Å²) in [5, 5.41) is 18.8. The molecule has 3 rings (SSSR count). The highest BCUT2D eigenvalue weighted by molar-refractivity contribution is 7.98. The maximum Gasteiger partial charge on any atom is 0.325 e. The molecule has 2 N–H and O–H groups in total. The van der Waals surface area contributed by atoms with E-state index in [1.807, 2.05) is 39.2 Å². The Bertz CT molecular complexity index is 1050. The van der Waals surface area contributed by atoms with Crippen molar-refractivity contribution in [1.29, 1.82) is 0 Å². The van der Waals surface area contributed by atoms with Crippen molar-refractivity contribution in [1.82, 2.24) is 30.1 Å². The molecule has 178 valence electrons. The number of thiazole rings is 1. The topological polar surface area (TPSA) is 110 Å². The summed E-state index contributed by atoms with van der Waals surface area (Å²) >= 11 is 2.96. The number of urea groups is 1. The van der Waals surface area contributed by atoms with Crippen molar-refractivity contribution in [2.75, 3.05) is 37.9 Å². The van der Waals surface area contributed by atoms with Crippen molar-refractivity contribution in [2.24, 2.45) is 5.92 Å². The molecular weight excluding hydrogens is 460 g/mol. The zero-order chi connectivity index (χ0) is 23.8. The molecule has 0 saturated carbocycles. The van der Waals surface area contributed by atoms with Gasteiger partial charge in [0.15, 0.2) is 5.13 Å². The first-order valence-electron chi connectivity index (χ1n) is 10.6. The highest BCUT2D eigenvalue weighted by Gasteiger charge is 2.13. The van der Waals surface area contributed by atoms with Gasteiger partial charge in [0.25, 0.3) is 0 Å². The first kappa shape index (κ1) is 24.9. The molecule has 0 fully saturated rings. The largest absolute Gasteiger partial charge is 0.491 e. The Hall–Kier alpha value is -2.70. The van der Waals surface area contributed by atoms with Gasteiger partial charge in [0.05, 0.1) is 18.8 Å². The van der Waals surface area contributed by atoms with Crippen molar-refractivity contribution in [3.8, 4) is 5.75 Å². The van der Waals surface area contributed by atoms with Crippen molar-refractivity contribution in [2.45, 2.75) is 38.2 Å². The van der Waals surface area contributed by atoms with E-state index in [-0.39, 0.29) is 6.03 Å². The minimum absolute atomic E-state index is 0.366. The van der Waals surface area contributed by atoms with Crippen molar-refractivity contribution in [3.05, 3.63) is 34.8 Å². The first-order chi connectivity index (χ1) is 15.8. The summed E-state index contributed by atoms with van der Waals surface area (Å²) in [6.45, 7) is 8.30. The number of likely N-dealkylation sites (N-methyl/N-ethyl adjacent to an activating group) is 1. The van der Waals surface area contributed by atoms with Gasteiger partial charge in [-0.15, -0.1) is 16.4 Å². The quantitative estimate of drug-likeness (QED) is 0.389. The number of tetrazole rings is 1. The van der Waals surface area contributed by atoms with Crippen LogP contribution in [0.3, 0.4) is 0 Å². The maximum atomic E-state index is 12.5. The second kappa shape index (κ2) is 12.0. The number of rotatable bonds is 11. The molecule has 0 aliphatic rings. The molecule has 0 radical (unpaired) electrons. The summed E-state index contributed by atoms with van der Waals surface area (Å²) in [4.78, 5) is 19.9. The Labute approximate surface area is 202 Å². The van der Waals surface area contributed by atoms with Gasteiger partial charge in [-0.25, -0.2) is 14.5 Å². The molecule has 0 spiro atoms. The highest BCUT2D eigenvalue weighted by Crippen LogP contribution is 2.28. The summed E-state index contributed by atoms with van der Waals surface area (Å²) in [5.74, 6) is 1.70. The number of aromatic nitrogens is 5. The average molecular weight is 491 g/mol. The van der Waals surface area contributed by atoms with Gasteiger partial charge in [-0.1, -0.05) is 31.7 Å².